The number of hydrogen-bond donors (Lipinski definition) is 1. The molecule has 14 heavy (non-hydrogen) atoms. The molecule has 0 aliphatic heterocycles. The third-order valence-electron chi connectivity index (χ3n) is 1.70. The second-order valence-corrected chi connectivity index (χ2v) is 4.18. The molecule has 0 spiro atoms. The summed E-state index contributed by atoms with van der Waals surface area (Å²) in [7, 11) is 6.37. The summed E-state index contributed by atoms with van der Waals surface area (Å²) in [4.78, 5) is 10.9. The lowest BCUT2D eigenvalue weighted by Gasteiger charge is -2.23. The fourth-order valence-corrected chi connectivity index (χ4v) is 1.01. The molecule has 0 fully saturated rings. The number of Topliss-reactive ketones (excluding diaryl/α,β-unsaturated/α-hetero) is 1. The van der Waals surface area contributed by atoms with Crippen molar-refractivity contribution in [1.82, 2.24) is 0 Å². The lowest BCUT2D eigenvalue weighted by Crippen LogP contribution is -3.00. The highest BCUT2D eigenvalue weighted by molar-refractivity contribution is 6.27. The fraction of sp³-hybridized carbons (Fsp3) is 0.778. The molecule has 0 unspecified atom stereocenters. The van der Waals surface area contributed by atoms with Gasteiger partial charge >= 0.3 is 0 Å². The average Bonchev–Trinajstić information content (AvgIpc) is 1.97. The SMILES string of the molecule is C[N+](C)(C)CCCCC(=O)/C=N/O.[I-]. The van der Waals surface area contributed by atoms with Crippen molar-refractivity contribution < 1.29 is 38.5 Å². The third kappa shape index (κ3) is 11.8. The zero-order chi connectivity index (χ0) is 10.3. The number of halogens is 1. The maximum atomic E-state index is 10.9. The van der Waals surface area contributed by atoms with Crippen LogP contribution in [0.15, 0.2) is 5.16 Å². The van der Waals surface area contributed by atoms with Crippen molar-refractivity contribution in [3.05, 3.63) is 0 Å². The molecule has 0 saturated heterocycles. The maximum Gasteiger partial charge on any atom is 0.177 e. The molecule has 84 valence electrons. The summed E-state index contributed by atoms with van der Waals surface area (Å²) in [6.45, 7) is 1.06. The van der Waals surface area contributed by atoms with Crippen LogP contribution in [0.5, 0.6) is 0 Å². The molecule has 0 atom stereocenters. The van der Waals surface area contributed by atoms with Gasteiger partial charge < -0.3 is 33.7 Å². The van der Waals surface area contributed by atoms with Crippen LogP contribution in [0.1, 0.15) is 19.3 Å². The van der Waals surface area contributed by atoms with E-state index in [4.69, 9.17) is 5.21 Å². The number of rotatable bonds is 6. The van der Waals surface area contributed by atoms with Gasteiger partial charge in [-0.15, -0.1) is 0 Å². The van der Waals surface area contributed by atoms with Crippen LogP contribution in [0.3, 0.4) is 0 Å². The maximum absolute atomic E-state index is 10.9. The summed E-state index contributed by atoms with van der Waals surface area (Å²) in [6.07, 6.45) is 3.32. The summed E-state index contributed by atoms with van der Waals surface area (Å²) >= 11 is 0. The van der Waals surface area contributed by atoms with Crippen molar-refractivity contribution in [3.63, 3.8) is 0 Å². The average molecular weight is 314 g/mol. The number of hydrogen-bond acceptors (Lipinski definition) is 3. The lowest BCUT2D eigenvalue weighted by atomic mass is 10.2. The number of nitrogens with zero attached hydrogens (tertiary/aromatic N) is 2. The second kappa shape index (κ2) is 8.16. The first kappa shape index (κ1) is 16.3. The molecule has 0 aliphatic carbocycles. The molecular weight excluding hydrogens is 295 g/mol. The smallest absolute Gasteiger partial charge is 0.177 e. The number of ketones is 1. The standard InChI is InChI=1S/C9H18N2O2.HI/c1-11(2,3)7-5-4-6-9(12)8-10-13;/h8H,4-7H2,1-3H3;1H. The van der Waals surface area contributed by atoms with E-state index in [1.807, 2.05) is 0 Å². The highest BCUT2D eigenvalue weighted by Gasteiger charge is 2.06. The van der Waals surface area contributed by atoms with E-state index >= 15 is 0 Å². The molecule has 0 aromatic heterocycles. The highest BCUT2D eigenvalue weighted by atomic mass is 127. The normalized spacial score (nSPS) is 11.4. The van der Waals surface area contributed by atoms with Gasteiger partial charge in [0.15, 0.2) is 5.78 Å². The van der Waals surface area contributed by atoms with E-state index < -0.39 is 0 Å². The van der Waals surface area contributed by atoms with Crippen LogP contribution >= 0.6 is 0 Å². The van der Waals surface area contributed by atoms with Gasteiger partial charge in [-0.25, -0.2) is 0 Å². The molecule has 0 aliphatic rings. The predicted molar refractivity (Wildman–Crippen MR) is 52.0 cm³/mol. The van der Waals surface area contributed by atoms with Crippen LogP contribution in [-0.2, 0) is 4.79 Å². The monoisotopic (exact) mass is 314 g/mol. The quantitative estimate of drug-likeness (QED) is 0.152. The Labute approximate surface area is 103 Å². The third-order valence-corrected chi connectivity index (χ3v) is 1.70. The van der Waals surface area contributed by atoms with Gasteiger partial charge in [0.25, 0.3) is 0 Å². The first-order chi connectivity index (χ1) is 5.95. The van der Waals surface area contributed by atoms with Crippen molar-refractivity contribution >= 4 is 12.0 Å². The van der Waals surface area contributed by atoms with Gasteiger partial charge in [0, 0.05) is 6.42 Å². The number of carbonyl (C=O) groups excluding carboxylic acids is 1. The largest absolute Gasteiger partial charge is 1.00 e. The van der Waals surface area contributed by atoms with E-state index in [1.165, 1.54) is 0 Å². The summed E-state index contributed by atoms with van der Waals surface area (Å²) in [5, 5.41) is 10.8. The Hall–Kier alpha value is -0.170. The van der Waals surface area contributed by atoms with Crippen LogP contribution in [0.25, 0.3) is 0 Å². The van der Waals surface area contributed by atoms with Crippen LogP contribution in [-0.4, -0.2) is 49.4 Å². The van der Waals surface area contributed by atoms with E-state index in [0.29, 0.717) is 6.42 Å². The molecule has 0 saturated carbocycles. The van der Waals surface area contributed by atoms with Gasteiger partial charge in [0.05, 0.1) is 27.7 Å². The van der Waals surface area contributed by atoms with Crippen molar-refractivity contribution in [3.8, 4) is 0 Å². The van der Waals surface area contributed by atoms with Crippen molar-refractivity contribution in [2.45, 2.75) is 19.3 Å². The molecule has 0 rings (SSSR count). The van der Waals surface area contributed by atoms with Crippen LogP contribution in [0, 0.1) is 0 Å². The predicted octanol–water partition coefficient (Wildman–Crippen LogP) is -2.10. The molecule has 0 aromatic carbocycles. The topological polar surface area (TPSA) is 49.7 Å². The molecule has 4 nitrogen and oxygen atoms in total. The van der Waals surface area contributed by atoms with Crippen molar-refractivity contribution in [2.24, 2.45) is 5.16 Å². The van der Waals surface area contributed by atoms with Crippen LogP contribution in [0.2, 0.25) is 0 Å². The fourth-order valence-electron chi connectivity index (χ4n) is 1.01. The summed E-state index contributed by atoms with van der Waals surface area (Å²) in [5.74, 6) is -0.107. The van der Waals surface area contributed by atoms with Crippen molar-refractivity contribution in [2.75, 3.05) is 27.7 Å². The minimum atomic E-state index is -0.107. The van der Waals surface area contributed by atoms with Gasteiger partial charge in [-0.1, -0.05) is 5.16 Å². The Morgan fingerprint density at radius 2 is 1.93 bits per heavy atom. The van der Waals surface area contributed by atoms with Gasteiger partial charge in [0.2, 0.25) is 0 Å². The molecule has 0 bridgehead atoms. The lowest BCUT2D eigenvalue weighted by molar-refractivity contribution is -0.870. The Morgan fingerprint density at radius 3 is 2.36 bits per heavy atom. The Kier molecular flexibility index (Phi) is 9.49. The van der Waals surface area contributed by atoms with E-state index in [2.05, 4.69) is 26.3 Å². The highest BCUT2D eigenvalue weighted by Crippen LogP contribution is 2.00. The van der Waals surface area contributed by atoms with Gasteiger partial charge in [-0.05, 0) is 12.8 Å². The summed E-state index contributed by atoms with van der Waals surface area (Å²) in [5.41, 5.74) is 0. The first-order valence-electron chi connectivity index (χ1n) is 4.46. The Bertz CT molecular complexity index is 188. The summed E-state index contributed by atoms with van der Waals surface area (Å²) in [6, 6.07) is 0. The number of oxime groups is 1. The number of unbranched alkanes of at least 4 members (excludes halogenated alkanes) is 1. The van der Waals surface area contributed by atoms with Gasteiger partial charge in [-0.3, -0.25) is 4.79 Å². The van der Waals surface area contributed by atoms with E-state index in [0.717, 1.165) is 30.1 Å². The molecule has 0 radical (unpaired) electrons. The molecule has 1 N–H and O–H groups in total. The zero-order valence-corrected chi connectivity index (χ0v) is 11.2. The molecule has 5 heteroatoms. The molecule has 0 amide bonds. The zero-order valence-electron chi connectivity index (χ0n) is 9.03. The van der Waals surface area contributed by atoms with Crippen LogP contribution in [0.4, 0.5) is 0 Å². The minimum absolute atomic E-state index is 0. The second-order valence-electron chi connectivity index (χ2n) is 4.18. The van der Waals surface area contributed by atoms with E-state index in [1.54, 1.807) is 0 Å². The Morgan fingerprint density at radius 1 is 1.36 bits per heavy atom. The van der Waals surface area contributed by atoms with E-state index in [-0.39, 0.29) is 29.8 Å². The molecular formula is C9H19IN2O2. The number of carbonyl (C=O) groups is 1. The van der Waals surface area contributed by atoms with Crippen molar-refractivity contribution in [1.29, 1.82) is 0 Å². The summed E-state index contributed by atoms with van der Waals surface area (Å²) < 4.78 is 0.919. The minimum Gasteiger partial charge on any atom is -1.00 e. The van der Waals surface area contributed by atoms with Gasteiger partial charge in [0.1, 0.15) is 6.21 Å². The molecule has 0 aromatic rings. The van der Waals surface area contributed by atoms with Crippen LogP contribution < -0.4 is 24.0 Å². The van der Waals surface area contributed by atoms with E-state index in [9.17, 15) is 4.79 Å². The molecule has 0 heterocycles. The first-order valence-corrected chi connectivity index (χ1v) is 4.46. The van der Waals surface area contributed by atoms with Gasteiger partial charge in [-0.2, -0.15) is 0 Å². The Balaban J connectivity index is 0. The number of quaternary nitrogens is 1.